The van der Waals surface area contributed by atoms with Crippen molar-refractivity contribution in [2.24, 2.45) is 0 Å². The number of hydrogen-bond donors (Lipinski definition) is 1. The van der Waals surface area contributed by atoms with Crippen molar-refractivity contribution in [3.05, 3.63) is 88.1 Å². The molecule has 0 aliphatic carbocycles. The number of para-hydroxylation sites is 1. The van der Waals surface area contributed by atoms with Crippen molar-refractivity contribution in [2.45, 2.75) is 19.9 Å². The Hall–Kier alpha value is -2.98. The molecule has 1 amide bonds. The van der Waals surface area contributed by atoms with Crippen LogP contribution in [0.3, 0.4) is 0 Å². The van der Waals surface area contributed by atoms with E-state index in [0.717, 1.165) is 33.5 Å². The van der Waals surface area contributed by atoms with Gasteiger partial charge < -0.3 is 5.32 Å². The quantitative estimate of drug-likeness (QED) is 0.506. The lowest BCUT2D eigenvalue weighted by Crippen LogP contribution is -2.22. The molecule has 0 fully saturated rings. The van der Waals surface area contributed by atoms with Gasteiger partial charge in [0, 0.05) is 15.8 Å². The number of pyridine rings is 1. The van der Waals surface area contributed by atoms with Crippen molar-refractivity contribution in [1.82, 2.24) is 10.3 Å². The summed E-state index contributed by atoms with van der Waals surface area (Å²) in [5, 5.41) is 5.92. The molecule has 0 saturated heterocycles. The second-order valence-corrected chi connectivity index (χ2v) is 7.42. The predicted octanol–water partition coefficient (Wildman–Crippen LogP) is 5.46. The van der Waals surface area contributed by atoms with Crippen molar-refractivity contribution in [2.75, 3.05) is 0 Å². The van der Waals surface area contributed by atoms with Gasteiger partial charge in [0.15, 0.2) is 0 Å². The largest absolute Gasteiger partial charge is 0.347 e. The van der Waals surface area contributed by atoms with Crippen molar-refractivity contribution in [3.8, 4) is 11.3 Å². The molecule has 2 aromatic heterocycles. The average Bonchev–Trinajstić information content (AvgIpc) is 3.25. The Morgan fingerprint density at radius 3 is 2.59 bits per heavy atom. The highest BCUT2D eigenvalue weighted by atomic mass is 32.1. The van der Waals surface area contributed by atoms with Gasteiger partial charge >= 0.3 is 0 Å². The van der Waals surface area contributed by atoms with Crippen LogP contribution in [0.2, 0.25) is 0 Å². The Morgan fingerprint density at radius 2 is 1.85 bits per heavy atom. The molecule has 0 radical (unpaired) electrons. The van der Waals surface area contributed by atoms with Crippen LogP contribution < -0.4 is 5.32 Å². The zero-order chi connectivity index (χ0) is 18.6. The first-order chi connectivity index (χ1) is 13.2. The van der Waals surface area contributed by atoms with Gasteiger partial charge in [-0.15, -0.1) is 11.3 Å². The van der Waals surface area contributed by atoms with Gasteiger partial charge in [0.25, 0.3) is 5.91 Å². The molecule has 3 nitrogen and oxygen atoms in total. The van der Waals surface area contributed by atoms with Gasteiger partial charge in [-0.25, -0.2) is 4.98 Å². The fourth-order valence-electron chi connectivity index (χ4n) is 3.10. The molecule has 0 bridgehead atoms. The molecular weight excluding hydrogens is 352 g/mol. The molecule has 2 aromatic carbocycles. The minimum atomic E-state index is -0.0755. The second kappa shape index (κ2) is 7.72. The van der Waals surface area contributed by atoms with Crippen molar-refractivity contribution >= 4 is 28.1 Å². The minimum Gasteiger partial charge on any atom is -0.347 e. The summed E-state index contributed by atoms with van der Waals surface area (Å²) < 4.78 is 0. The van der Waals surface area contributed by atoms with Gasteiger partial charge in [-0.05, 0) is 35.6 Å². The van der Waals surface area contributed by atoms with E-state index >= 15 is 0 Å². The fraction of sp³-hybridized carbons (Fsp3) is 0.130. The maximum absolute atomic E-state index is 12.9. The maximum Gasteiger partial charge on any atom is 0.252 e. The summed E-state index contributed by atoms with van der Waals surface area (Å²) in [6.07, 6.45) is 1.00. The summed E-state index contributed by atoms with van der Waals surface area (Å²) in [5.41, 5.74) is 4.61. The summed E-state index contributed by atoms with van der Waals surface area (Å²) >= 11 is 1.64. The zero-order valence-electron chi connectivity index (χ0n) is 15.1. The molecule has 1 N–H and O–H groups in total. The van der Waals surface area contributed by atoms with Gasteiger partial charge in [-0.3, -0.25) is 4.79 Å². The number of amides is 1. The highest BCUT2D eigenvalue weighted by Gasteiger charge is 2.14. The molecule has 4 rings (SSSR count). The van der Waals surface area contributed by atoms with E-state index in [2.05, 4.69) is 36.5 Å². The number of rotatable bonds is 5. The Bertz CT molecular complexity index is 1070. The van der Waals surface area contributed by atoms with Crippen LogP contribution in [-0.2, 0) is 13.0 Å². The van der Waals surface area contributed by atoms with E-state index in [-0.39, 0.29) is 5.91 Å². The van der Waals surface area contributed by atoms with Crippen LogP contribution in [-0.4, -0.2) is 10.9 Å². The monoisotopic (exact) mass is 372 g/mol. The normalized spacial score (nSPS) is 10.9. The SMILES string of the molecule is CCc1ccc(-c2cc(C(=O)NCc3cccs3)c3ccccc3n2)cc1. The Labute approximate surface area is 162 Å². The summed E-state index contributed by atoms with van der Waals surface area (Å²) in [6, 6.07) is 22.1. The smallest absolute Gasteiger partial charge is 0.252 e. The summed E-state index contributed by atoms with van der Waals surface area (Å²) in [4.78, 5) is 18.8. The van der Waals surface area contributed by atoms with Gasteiger partial charge in [0.2, 0.25) is 0 Å². The first-order valence-corrected chi connectivity index (χ1v) is 9.92. The molecule has 0 spiro atoms. The van der Waals surface area contributed by atoms with Crippen LogP contribution in [0.4, 0.5) is 0 Å². The standard InChI is InChI=1S/C23H20N2OS/c1-2-16-9-11-17(12-10-16)22-14-20(19-7-3-4-8-21(19)25-22)23(26)24-15-18-6-5-13-27-18/h3-14H,2,15H2,1H3,(H,24,26). The van der Waals surface area contributed by atoms with Gasteiger partial charge in [0.05, 0.1) is 23.3 Å². The number of nitrogens with one attached hydrogen (secondary N) is 1. The molecule has 134 valence electrons. The van der Waals surface area contributed by atoms with E-state index in [1.54, 1.807) is 11.3 Å². The van der Waals surface area contributed by atoms with Crippen LogP contribution in [0.5, 0.6) is 0 Å². The van der Waals surface area contributed by atoms with Crippen LogP contribution >= 0.6 is 11.3 Å². The number of hydrogen-bond acceptors (Lipinski definition) is 3. The fourth-order valence-corrected chi connectivity index (χ4v) is 3.74. The highest BCUT2D eigenvalue weighted by Crippen LogP contribution is 2.25. The molecule has 0 saturated carbocycles. The lowest BCUT2D eigenvalue weighted by atomic mass is 10.0. The molecule has 0 unspecified atom stereocenters. The number of thiophene rings is 1. The molecule has 4 heteroatoms. The lowest BCUT2D eigenvalue weighted by Gasteiger charge is -2.11. The van der Waals surface area contributed by atoms with Crippen LogP contribution in [0.25, 0.3) is 22.2 Å². The summed E-state index contributed by atoms with van der Waals surface area (Å²) in [5.74, 6) is -0.0755. The number of fused-ring (bicyclic) bond motifs is 1. The topological polar surface area (TPSA) is 42.0 Å². The molecule has 0 atom stereocenters. The number of aryl methyl sites for hydroxylation is 1. The third kappa shape index (κ3) is 3.76. The van der Waals surface area contributed by atoms with Gasteiger partial charge in [0.1, 0.15) is 0 Å². The predicted molar refractivity (Wildman–Crippen MR) is 112 cm³/mol. The van der Waals surface area contributed by atoms with E-state index in [4.69, 9.17) is 4.98 Å². The van der Waals surface area contributed by atoms with Gasteiger partial charge in [-0.1, -0.05) is 55.5 Å². The molecule has 2 heterocycles. The summed E-state index contributed by atoms with van der Waals surface area (Å²) in [6.45, 7) is 2.67. The number of benzene rings is 2. The number of nitrogens with zero attached hydrogens (tertiary/aromatic N) is 1. The average molecular weight is 372 g/mol. The summed E-state index contributed by atoms with van der Waals surface area (Å²) in [7, 11) is 0. The van der Waals surface area contributed by atoms with Gasteiger partial charge in [-0.2, -0.15) is 0 Å². The van der Waals surface area contributed by atoms with Crippen LogP contribution in [0.1, 0.15) is 27.7 Å². The highest BCUT2D eigenvalue weighted by molar-refractivity contribution is 7.09. The Kier molecular flexibility index (Phi) is 4.99. The molecule has 27 heavy (non-hydrogen) atoms. The number of aromatic nitrogens is 1. The van der Waals surface area contributed by atoms with Crippen molar-refractivity contribution in [1.29, 1.82) is 0 Å². The zero-order valence-corrected chi connectivity index (χ0v) is 15.9. The van der Waals surface area contributed by atoms with E-state index in [0.29, 0.717) is 12.1 Å². The maximum atomic E-state index is 12.9. The van der Waals surface area contributed by atoms with E-state index in [9.17, 15) is 4.79 Å². The van der Waals surface area contributed by atoms with E-state index in [1.165, 1.54) is 5.56 Å². The lowest BCUT2D eigenvalue weighted by molar-refractivity contribution is 0.0953. The third-order valence-corrected chi connectivity index (χ3v) is 5.50. The second-order valence-electron chi connectivity index (χ2n) is 6.38. The molecule has 4 aromatic rings. The van der Waals surface area contributed by atoms with E-state index < -0.39 is 0 Å². The minimum absolute atomic E-state index is 0.0755. The van der Waals surface area contributed by atoms with Crippen molar-refractivity contribution in [3.63, 3.8) is 0 Å². The Balaban J connectivity index is 1.72. The Morgan fingerprint density at radius 1 is 1.04 bits per heavy atom. The third-order valence-electron chi connectivity index (χ3n) is 4.62. The first-order valence-electron chi connectivity index (χ1n) is 9.04. The number of carbonyl (C=O) groups excluding carboxylic acids is 1. The number of carbonyl (C=O) groups is 1. The first kappa shape index (κ1) is 17.4. The molecule has 0 aliphatic heterocycles. The van der Waals surface area contributed by atoms with E-state index in [1.807, 2.05) is 47.8 Å². The van der Waals surface area contributed by atoms with Crippen LogP contribution in [0.15, 0.2) is 72.1 Å². The van der Waals surface area contributed by atoms with Crippen molar-refractivity contribution < 1.29 is 4.79 Å². The van der Waals surface area contributed by atoms with Crippen LogP contribution in [0, 0.1) is 0 Å². The molecule has 0 aliphatic rings. The molecular formula is C23H20N2OS.